The highest BCUT2D eigenvalue weighted by Gasteiger charge is 2.38. The third-order valence-electron chi connectivity index (χ3n) is 2.52. The van der Waals surface area contributed by atoms with E-state index in [1.807, 2.05) is 0 Å². The van der Waals surface area contributed by atoms with Gasteiger partial charge in [-0.2, -0.15) is 9.36 Å². The molecule has 1 aliphatic heterocycles. The molecule has 0 amide bonds. The maximum absolute atomic E-state index is 9.83. The lowest BCUT2D eigenvalue weighted by Gasteiger charge is -2.36. The number of nitrogens with zero attached hydrogens (tertiary/aromatic N) is 2. The van der Waals surface area contributed by atoms with E-state index in [9.17, 15) is 10.2 Å². The molecule has 1 aromatic heterocycles. The highest BCUT2D eigenvalue weighted by molar-refractivity contribution is 7.09. The minimum Gasteiger partial charge on any atom is -0.394 e. The van der Waals surface area contributed by atoms with Gasteiger partial charge in [0.05, 0.1) is 19.3 Å². The van der Waals surface area contributed by atoms with Crippen LogP contribution in [-0.2, 0) is 4.74 Å². The molecule has 1 aliphatic rings. The Bertz CT molecular complexity index is 379. The van der Waals surface area contributed by atoms with Crippen LogP contribution in [0.2, 0.25) is 5.28 Å². The lowest BCUT2D eigenvalue weighted by molar-refractivity contribution is -0.152. The molecule has 17 heavy (non-hydrogen) atoms. The third kappa shape index (κ3) is 2.84. The van der Waals surface area contributed by atoms with Crippen molar-refractivity contribution >= 4 is 28.3 Å². The van der Waals surface area contributed by atoms with Crippen molar-refractivity contribution in [3.8, 4) is 0 Å². The monoisotopic (exact) mass is 281 g/mol. The van der Waals surface area contributed by atoms with E-state index in [0.717, 1.165) is 11.5 Å². The fraction of sp³-hybridized carbons (Fsp3) is 0.750. The minimum absolute atomic E-state index is 0.123. The molecular formula is C8H12ClN3O4S. The Morgan fingerprint density at radius 1 is 1.47 bits per heavy atom. The number of ether oxygens (including phenoxy) is 1. The molecule has 0 aromatic carbocycles. The molecule has 0 spiro atoms. The summed E-state index contributed by atoms with van der Waals surface area (Å²) in [7, 11) is 0. The molecule has 0 saturated carbocycles. The average Bonchev–Trinajstić information content (AvgIpc) is 2.71. The summed E-state index contributed by atoms with van der Waals surface area (Å²) in [5.41, 5.74) is 0. The summed E-state index contributed by atoms with van der Waals surface area (Å²) < 4.78 is 8.97. The summed E-state index contributed by atoms with van der Waals surface area (Å²) in [6.07, 6.45) is -2.96. The first-order valence-corrected chi connectivity index (χ1v) is 6.11. The summed E-state index contributed by atoms with van der Waals surface area (Å²) in [5.74, 6) is 0. The van der Waals surface area contributed by atoms with Gasteiger partial charge in [0, 0.05) is 11.5 Å². The van der Waals surface area contributed by atoms with Gasteiger partial charge in [0.1, 0.15) is 18.3 Å². The molecule has 1 fully saturated rings. The average molecular weight is 282 g/mol. The molecular weight excluding hydrogens is 270 g/mol. The third-order valence-corrected chi connectivity index (χ3v) is 3.44. The van der Waals surface area contributed by atoms with Crippen LogP contribution in [0, 0.1) is 0 Å². The van der Waals surface area contributed by atoms with Crippen molar-refractivity contribution in [1.29, 1.82) is 0 Å². The second kappa shape index (κ2) is 5.42. The van der Waals surface area contributed by atoms with Crippen molar-refractivity contribution in [3.63, 3.8) is 0 Å². The number of aromatic nitrogens is 2. The van der Waals surface area contributed by atoms with Gasteiger partial charge < -0.3 is 25.4 Å². The van der Waals surface area contributed by atoms with Crippen molar-refractivity contribution in [3.05, 3.63) is 5.28 Å². The van der Waals surface area contributed by atoms with Crippen LogP contribution >= 0.6 is 23.1 Å². The topological polar surface area (TPSA) is 108 Å². The molecule has 0 radical (unpaired) electrons. The van der Waals surface area contributed by atoms with Crippen LogP contribution in [0.15, 0.2) is 0 Å². The van der Waals surface area contributed by atoms with E-state index in [1.165, 1.54) is 0 Å². The summed E-state index contributed by atoms with van der Waals surface area (Å²) in [4.78, 5) is 3.87. The number of anilines is 1. The normalized spacial score (nSPS) is 33.6. The van der Waals surface area contributed by atoms with Crippen LogP contribution in [0.4, 0.5) is 5.13 Å². The van der Waals surface area contributed by atoms with Gasteiger partial charge in [0.2, 0.25) is 10.4 Å². The first kappa shape index (κ1) is 12.9. The first-order chi connectivity index (χ1) is 8.11. The van der Waals surface area contributed by atoms with Crippen molar-refractivity contribution in [2.24, 2.45) is 0 Å². The molecule has 0 bridgehead atoms. The second-order valence-electron chi connectivity index (χ2n) is 3.65. The van der Waals surface area contributed by atoms with Crippen LogP contribution < -0.4 is 5.32 Å². The van der Waals surface area contributed by atoms with E-state index in [-0.39, 0.29) is 18.5 Å². The lowest BCUT2D eigenvalue weighted by atomic mass is 9.99. The van der Waals surface area contributed by atoms with Crippen LogP contribution in [0.5, 0.6) is 0 Å². The van der Waals surface area contributed by atoms with Crippen molar-refractivity contribution < 1.29 is 20.1 Å². The molecule has 4 N–H and O–H groups in total. The molecule has 4 atom stereocenters. The Hall–Kier alpha value is -0.510. The van der Waals surface area contributed by atoms with Crippen LogP contribution in [0.1, 0.15) is 0 Å². The van der Waals surface area contributed by atoms with E-state index in [1.54, 1.807) is 0 Å². The van der Waals surface area contributed by atoms with Crippen molar-refractivity contribution in [2.75, 3.05) is 18.5 Å². The summed E-state index contributed by atoms with van der Waals surface area (Å²) in [6.45, 7) is -0.184. The van der Waals surface area contributed by atoms with Crippen LogP contribution in [0.3, 0.4) is 0 Å². The molecule has 0 aliphatic carbocycles. The number of rotatable bonds is 3. The van der Waals surface area contributed by atoms with Gasteiger partial charge in [0.15, 0.2) is 0 Å². The quantitative estimate of drug-likeness (QED) is 0.568. The van der Waals surface area contributed by atoms with Crippen molar-refractivity contribution in [2.45, 2.75) is 24.4 Å². The maximum Gasteiger partial charge on any atom is 0.236 e. The maximum atomic E-state index is 9.83. The first-order valence-electron chi connectivity index (χ1n) is 4.96. The summed E-state index contributed by atoms with van der Waals surface area (Å²) in [5, 5.41) is 31.8. The van der Waals surface area contributed by atoms with Crippen LogP contribution in [-0.4, -0.2) is 62.2 Å². The van der Waals surface area contributed by atoms with Gasteiger partial charge in [0.25, 0.3) is 0 Å². The number of halogens is 1. The van der Waals surface area contributed by atoms with Crippen molar-refractivity contribution in [1.82, 2.24) is 9.36 Å². The van der Waals surface area contributed by atoms with E-state index < -0.39 is 24.4 Å². The Kier molecular flexibility index (Phi) is 4.13. The number of aliphatic hydroxyl groups is 3. The summed E-state index contributed by atoms with van der Waals surface area (Å²) in [6, 6.07) is -0.517. The lowest BCUT2D eigenvalue weighted by Crippen LogP contribution is -2.56. The Balaban J connectivity index is 1.98. The fourth-order valence-electron chi connectivity index (χ4n) is 1.59. The van der Waals surface area contributed by atoms with Gasteiger partial charge in [-0.25, -0.2) is 0 Å². The molecule has 1 saturated heterocycles. The molecule has 2 rings (SSSR count). The second-order valence-corrected chi connectivity index (χ2v) is 4.74. The predicted octanol–water partition coefficient (Wildman–Crippen LogP) is -0.915. The Morgan fingerprint density at radius 3 is 2.82 bits per heavy atom. The highest BCUT2D eigenvalue weighted by Crippen LogP contribution is 2.21. The number of hydrogen-bond donors (Lipinski definition) is 4. The SMILES string of the molecule is OC[C@H]1OC[C@H](Nc2nc(Cl)ns2)[C@@H](O)[C@H]1O. The molecule has 2 heterocycles. The van der Waals surface area contributed by atoms with E-state index in [0.29, 0.717) is 5.13 Å². The van der Waals surface area contributed by atoms with E-state index >= 15 is 0 Å². The zero-order valence-corrected chi connectivity index (χ0v) is 10.2. The van der Waals surface area contributed by atoms with Gasteiger partial charge >= 0.3 is 0 Å². The predicted molar refractivity (Wildman–Crippen MR) is 61.2 cm³/mol. The van der Waals surface area contributed by atoms with E-state index in [4.69, 9.17) is 21.4 Å². The zero-order chi connectivity index (χ0) is 12.4. The number of hydrogen-bond acceptors (Lipinski definition) is 8. The van der Waals surface area contributed by atoms with Gasteiger partial charge in [-0.1, -0.05) is 0 Å². The van der Waals surface area contributed by atoms with Gasteiger partial charge in [-0.05, 0) is 11.6 Å². The zero-order valence-electron chi connectivity index (χ0n) is 8.65. The molecule has 96 valence electrons. The standard InChI is InChI=1S/C8H12ClN3O4S/c9-7-11-8(17-12-7)10-3-2-16-4(1-13)6(15)5(3)14/h3-6,13-15H,1-2H2,(H,10,11,12)/t3-,4+,5+,6-/m0/s1. The number of nitrogens with one attached hydrogen (secondary N) is 1. The molecule has 9 heteroatoms. The Labute approximate surface area is 106 Å². The highest BCUT2D eigenvalue weighted by atomic mass is 35.5. The molecule has 7 nitrogen and oxygen atoms in total. The van der Waals surface area contributed by atoms with Gasteiger partial charge in [-0.15, -0.1) is 0 Å². The fourth-order valence-corrected chi connectivity index (χ4v) is 2.37. The van der Waals surface area contributed by atoms with Gasteiger partial charge in [-0.3, -0.25) is 0 Å². The number of aliphatic hydroxyl groups excluding tert-OH is 3. The summed E-state index contributed by atoms with van der Waals surface area (Å²) >= 11 is 6.61. The minimum atomic E-state index is -1.14. The Morgan fingerprint density at radius 2 is 2.24 bits per heavy atom. The molecule has 1 aromatic rings. The van der Waals surface area contributed by atoms with Crippen LogP contribution in [0.25, 0.3) is 0 Å². The van der Waals surface area contributed by atoms with E-state index in [2.05, 4.69) is 14.7 Å². The smallest absolute Gasteiger partial charge is 0.236 e. The molecule has 0 unspecified atom stereocenters. The largest absolute Gasteiger partial charge is 0.394 e.